The van der Waals surface area contributed by atoms with Crippen molar-refractivity contribution in [1.29, 1.82) is 0 Å². The fraction of sp³-hybridized carbons (Fsp3) is 0.478. The average Bonchev–Trinajstić information content (AvgIpc) is 2.66. The van der Waals surface area contributed by atoms with E-state index in [1.807, 2.05) is 25.1 Å². The number of benzene rings is 1. The predicted molar refractivity (Wildman–Crippen MR) is 104 cm³/mol. The third-order valence-electron chi connectivity index (χ3n) is 6.25. The van der Waals surface area contributed by atoms with E-state index in [0.717, 1.165) is 17.3 Å². The van der Waals surface area contributed by atoms with Crippen LogP contribution in [0.25, 0.3) is 0 Å². The summed E-state index contributed by atoms with van der Waals surface area (Å²) in [5.41, 5.74) is 3.40. The molecule has 2 saturated carbocycles. The van der Waals surface area contributed by atoms with Crippen LogP contribution in [0.3, 0.4) is 0 Å². The Morgan fingerprint density at radius 2 is 1.81 bits per heavy atom. The van der Waals surface area contributed by atoms with Gasteiger partial charge in [-0.3, -0.25) is 9.78 Å². The minimum atomic E-state index is 0.170. The molecule has 0 bridgehead atoms. The molecule has 4 rings (SSSR count). The minimum absolute atomic E-state index is 0.170. The largest absolute Gasteiger partial charge is 0.352 e. The number of hydrogen-bond donors (Lipinski definition) is 1. The Morgan fingerprint density at radius 1 is 1.04 bits per heavy atom. The Kier molecular flexibility index (Phi) is 5.05. The summed E-state index contributed by atoms with van der Waals surface area (Å²) in [6.45, 7) is 1.99. The number of amides is 1. The number of pyridine rings is 1. The second-order valence-electron chi connectivity index (χ2n) is 7.91. The van der Waals surface area contributed by atoms with E-state index in [2.05, 4.69) is 40.6 Å². The van der Waals surface area contributed by atoms with Gasteiger partial charge >= 0.3 is 0 Å². The topological polar surface area (TPSA) is 42.0 Å². The van der Waals surface area contributed by atoms with Crippen molar-refractivity contribution in [3.63, 3.8) is 0 Å². The van der Waals surface area contributed by atoms with Gasteiger partial charge in [0.1, 0.15) is 0 Å². The maximum absolute atomic E-state index is 12.6. The first kappa shape index (κ1) is 17.3. The minimum Gasteiger partial charge on any atom is -0.352 e. The molecule has 26 heavy (non-hydrogen) atoms. The number of nitrogens with zero attached hydrogens (tertiary/aromatic N) is 1. The van der Waals surface area contributed by atoms with Crippen LogP contribution >= 0.6 is 0 Å². The summed E-state index contributed by atoms with van der Waals surface area (Å²) in [6, 6.07) is 17.1. The Bertz CT molecular complexity index is 758. The predicted octanol–water partition coefficient (Wildman–Crippen LogP) is 4.41. The summed E-state index contributed by atoms with van der Waals surface area (Å²) in [4.78, 5) is 17.1. The first-order valence-corrected chi connectivity index (χ1v) is 9.99. The average molecular weight is 348 g/mol. The fourth-order valence-corrected chi connectivity index (χ4v) is 5.03. The molecular weight excluding hydrogens is 320 g/mol. The van der Waals surface area contributed by atoms with Crippen LogP contribution in [-0.2, 0) is 11.2 Å². The first-order chi connectivity index (χ1) is 12.7. The highest BCUT2D eigenvalue weighted by atomic mass is 16.1. The van der Waals surface area contributed by atoms with Gasteiger partial charge in [0, 0.05) is 29.8 Å². The molecule has 1 heterocycles. The van der Waals surface area contributed by atoms with Gasteiger partial charge in [-0.15, -0.1) is 0 Å². The van der Waals surface area contributed by atoms with Crippen LogP contribution < -0.4 is 5.32 Å². The van der Waals surface area contributed by atoms with E-state index < -0.39 is 0 Å². The maximum Gasteiger partial charge on any atom is 0.220 e. The van der Waals surface area contributed by atoms with Gasteiger partial charge in [0.2, 0.25) is 5.91 Å². The van der Waals surface area contributed by atoms with E-state index in [-0.39, 0.29) is 5.91 Å². The van der Waals surface area contributed by atoms with Gasteiger partial charge in [0.15, 0.2) is 0 Å². The lowest BCUT2D eigenvalue weighted by Crippen LogP contribution is -2.59. The zero-order chi connectivity index (χ0) is 17.9. The molecule has 2 fully saturated rings. The van der Waals surface area contributed by atoms with Gasteiger partial charge in [0.05, 0.1) is 0 Å². The van der Waals surface area contributed by atoms with Crippen molar-refractivity contribution in [1.82, 2.24) is 10.3 Å². The SMILES string of the molecule is Cc1cccc(CCC(=O)N[C@H]2[C@H]3CCCC[C@@H]3[C@@H]2c2ccccc2)n1. The van der Waals surface area contributed by atoms with Crippen molar-refractivity contribution in [2.45, 2.75) is 57.4 Å². The molecule has 4 atom stereocenters. The molecule has 1 aromatic carbocycles. The zero-order valence-corrected chi connectivity index (χ0v) is 15.5. The van der Waals surface area contributed by atoms with Crippen LogP contribution in [-0.4, -0.2) is 16.9 Å². The molecule has 0 radical (unpaired) electrons. The van der Waals surface area contributed by atoms with Gasteiger partial charge in [-0.1, -0.05) is 49.2 Å². The lowest BCUT2D eigenvalue weighted by Gasteiger charge is -2.55. The molecule has 0 aliphatic heterocycles. The van der Waals surface area contributed by atoms with E-state index in [0.29, 0.717) is 30.7 Å². The van der Waals surface area contributed by atoms with Crippen LogP contribution in [0.2, 0.25) is 0 Å². The summed E-state index contributed by atoms with van der Waals surface area (Å²) < 4.78 is 0. The molecule has 0 unspecified atom stereocenters. The number of carbonyl (C=O) groups is 1. The smallest absolute Gasteiger partial charge is 0.220 e. The van der Waals surface area contributed by atoms with Crippen LogP contribution in [0.4, 0.5) is 0 Å². The Balaban J connectivity index is 1.41. The number of hydrogen-bond acceptors (Lipinski definition) is 2. The molecule has 2 aromatic rings. The highest BCUT2D eigenvalue weighted by Crippen LogP contribution is 2.54. The Labute approximate surface area is 156 Å². The molecule has 3 heteroatoms. The molecule has 3 nitrogen and oxygen atoms in total. The summed E-state index contributed by atoms with van der Waals surface area (Å²) >= 11 is 0. The quantitative estimate of drug-likeness (QED) is 0.869. The fourth-order valence-electron chi connectivity index (χ4n) is 5.03. The van der Waals surface area contributed by atoms with Crippen molar-refractivity contribution in [2.24, 2.45) is 11.8 Å². The maximum atomic E-state index is 12.6. The molecule has 0 saturated heterocycles. The number of nitrogens with one attached hydrogen (secondary N) is 1. The van der Waals surface area contributed by atoms with Crippen LogP contribution in [0.1, 0.15) is 55.0 Å². The van der Waals surface area contributed by atoms with Crippen LogP contribution in [0.5, 0.6) is 0 Å². The van der Waals surface area contributed by atoms with Gasteiger partial charge in [-0.25, -0.2) is 0 Å². The van der Waals surface area contributed by atoms with E-state index in [1.54, 1.807) is 0 Å². The van der Waals surface area contributed by atoms with Crippen molar-refractivity contribution in [2.75, 3.05) is 0 Å². The molecular formula is C23H28N2O. The van der Waals surface area contributed by atoms with Gasteiger partial charge in [-0.2, -0.15) is 0 Å². The summed E-state index contributed by atoms with van der Waals surface area (Å²) in [6.07, 6.45) is 6.45. The van der Waals surface area contributed by atoms with Gasteiger partial charge in [-0.05, 0) is 55.7 Å². The van der Waals surface area contributed by atoms with Crippen molar-refractivity contribution < 1.29 is 4.79 Å². The highest BCUT2D eigenvalue weighted by Gasteiger charge is 2.51. The lowest BCUT2D eigenvalue weighted by molar-refractivity contribution is -0.124. The number of carbonyl (C=O) groups excluding carboxylic acids is 1. The normalized spacial score (nSPS) is 27.3. The monoisotopic (exact) mass is 348 g/mol. The van der Waals surface area contributed by atoms with Crippen molar-refractivity contribution >= 4 is 5.91 Å². The Morgan fingerprint density at radius 3 is 2.58 bits per heavy atom. The molecule has 1 amide bonds. The number of fused-ring (bicyclic) bond motifs is 1. The number of rotatable bonds is 5. The zero-order valence-electron chi connectivity index (χ0n) is 15.5. The summed E-state index contributed by atoms with van der Waals surface area (Å²) in [5.74, 6) is 2.07. The second-order valence-corrected chi connectivity index (χ2v) is 7.91. The highest BCUT2D eigenvalue weighted by molar-refractivity contribution is 5.77. The lowest BCUT2D eigenvalue weighted by atomic mass is 9.53. The van der Waals surface area contributed by atoms with E-state index in [4.69, 9.17) is 0 Å². The van der Waals surface area contributed by atoms with Crippen molar-refractivity contribution in [3.8, 4) is 0 Å². The molecule has 136 valence electrons. The third-order valence-corrected chi connectivity index (χ3v) is 6.25. The van der Waals surface area contributed by atoms with Gasteiger partial charge in [0.25, 0.3) is 0 Å². The molecule has 1 aromatic heterocycles. The second kappa shape index (κ2) is 7.61. The van der Waals surface area contributed by atoms with E-state index in [9.17, 15) is 4.79 Å². The number of aryl methyl sites for hydroxylation is 2. The molecule has 2 aliphatic carbocycles. The molecule has 0 spiro atoms. The molecule has 1 N–H and O–H groups in total. The molecule has 2 aliphatic rings. The Hall–Kier alpha value is -2.16. The number of aromatic nitrogens is 1. The third kappa shape index (κ3) is 3.53. The van der Waals surface area contributed by atoms with Crippen LogP contribution in [0.15, 0.2) is 48.5 Å². The van der Waals surface area contributed by atoms with E-state index in [1.165, 1.54) is 31.2 Å². The standard InChI is InChI=1S/C23H28N2O/c1-16-8-7-11-18(24-16)14-15-21(26)25-23-20-13-6-5-12-19(20)22(23)17-9-3-2-4-10-17/h2-4,7-11,19-20,22-23H,5-6,12-15H2,1H3,(H,25,26)/t19-,20-,22-,23-/m0/s1. The summed E-state index contributed by atoms with van der Waals surface area (Å²) in [7, 11) is 0. The van der Waals surface area contributed by atoms with Crippen LogP contribution in [0, 0.1) is 18.8 Å². The van der Waals surface area contributed by atoms with Crippen molar-refractivity contribution in [3.05, 3.63) is 65.5 Å². The summed E-state index contributed by atoms with van der Waals surface area (Å²) in [5, 5.41) is 3.38. The first-order valence-electron chi connectivity index (χ1n) is 9.99. The van der Waals surface area contributed by atoms with E-state index >= 15 is 0 Å². The van der Waals surface area contributed by atoms with Gasteiger partial charge < -0.3 is 5.32 Å².